The monoisotopic (exact) mass is 337 g/mol. The summed E-state index contributed by atoms with van der Waals surface area (Å²) >= 11 is 0. The fourth-order valence-electron chi connectivity index (χ4n) is 2.48. The van der Waals surface area contributed by atoms with Gasteiger partial charge in [0.25, 0.3) is 5.91 Å². The molecular weight excluding hydrogens is 323 g/mol. The molecule has 2 aromatic carbocycles. The number of fused-ring (bicyclic) bond motifs is 1. The third-order valence-corrected chi connectivity index (χ3v) is 3.67. The largest absolute Gasteiger partial charge is 0.298 e. The van der Waals surface area contributed by atoms with E-state index >= 15 is 0 Å². The van der Waals surface area contributed by atoms with Gasteiger partial charge in [-0.3, -0.25) is 10.1 Å². The van der Waals surface area contributed by atoms with Gasteiger partial charge in [-0.2, -0.15) is 0 Å². The predicted molar refractivity (Wildman–Crippen MR) is 88.4 cm³/mol. The van der Waals surface area contributed by atoms with Crippen molar-refractivity contribution in [2.45, 2.75) is 6.92 Å². The molecule has 124 valence electrons. The van der Waals surface area contributed by atoms with Crippen molar-refractivity contribution < 1.29 is 14.0 Å². The second-order valence-electron chi connectivity index (χ2n) is 5.55. The van der Waals surface area contributed by atoms with Crippen LogP contribution in [0.2, 0.25) is 0 Å². The van der Waals surface area contributed by atoms with Gasteiger partial charge in [0.1, 0.15) is 5.82 Å². The minimum absolute atomic E-state index is 0.352. The molecule has 0 saturated heterocycles. The van der Waals surface area contributed by atoms with Gasteiger partial charge in [0, 0.05) is 11.8 Å². The topological polar surface area (TPSA) is 79.5 Å². The lowest BCUT2D eigenvalue weighted by molar-refractivity contribution is -0.781. The second-order valence-corrected chi connectivity index (χ2v) is 5.55. The van der Waals surface area contributed by atoms with Crippen molar-refractivity contribution >= 4 is 22.8 Å². The van der Waals surface area contributed by atoms with Crippen molar-refractivity contribution in [3.05, 3.63) is 71.7 Å². The van der Waals surface area contributed by atoms with Crippen molar-refractivity contribution in [3.63, 3.8) is 0 Å². The average molecular weight is 337 g/mol. The molecule has 1 amide bonds. The minimum Gasteiger partial charge on any atom is -0.255 e. The Morgan fingerprint density at radius 2 is 1.76 bits per heavy atom. The Hall–Kier alpha value is -3.55. The van der Waals surface area contributed by atoms with E-state index in [-0.39, 0.29) is 5.91 Å². The van der Waals surface area contributed by atoms with E-state index in [4.69, 9.17) is 0 Å². The molecule has 8 heteroatoms. The maximum absolute atomic E-state index is 13.0. The maximum Gasteiger partial charge on any atom is 0.298 e. The molecule has 0 aliphatic heterocycles. The first-order valence-corrected chi connectivity index (χ1v) is 7.61. The average Bonchev–Trinajstić information content (AvgIpc) is 3.18. The van der Waals surface area contributed by atoms with Gasteiger partial charge in [-0.05, 0) is 53.5 Å². The lowest BCUT2D eigenvalue weighted by Gasteiger charge is -2.02. The lowest BCUT2D eigenvalue weighted by Crippen LogP contribution is -2.48. The number of aromatic amines is 1. The number of nitrogens with one attached hydrogen (secondary N) is 2. The van der Waals surface area contributed by atoms with Crippen LogP contribution in [0.1, 0.15) is 16.1 Å². The third kappa shape index (κ3) is 2.85. The van der Waals surface area contributed by atoms with Crippen LogP contribution in [0.15, 0.2) is 54.6 Å². The van der Waals surface area contributed by atoms with Gasteiger partial charge >= 0.3 is 0 Å². The minimum atomic E-state index is -0.392. The number of carbonyl (C=O) groups excluding carboxylic acids is 1. The summed E-state index contributed by atoms with van der Waals surface area (Å²) in [6, 6.07) is 14.6. The summed E-state index contributed by atoms with van der Waals surface area (Å²) < 4.78 is 13.0. The SMILES string of the molecule is Cc1cc(NC(=O)c2ccc(F)cc2)[n+](-n2nc3ccccc3n2)[nH]1. The van der Waals surface area contributed by atoms with E-state index in [2.05, 4.69) is 20.6 Å². The highest BCUT2D eigenvalue weighted by molar-refractivity contribution is 6.03. The summed E-state index contributed by atoms with van der Waals surface area (Å²) in [5, 5.41) is 14.6. The van der Waals surface area contributed by atoms with Gasteiger partial charge in [0.15, 0.2) is 11.0 Å². The van der Waals surface area contributed by atoms with Crippen LogP contribution < -0.4 is 10.1 Å². The molecular formula is C17H14FN6O+. The molecule has 0 atom stereocenters. The molecule has 25 heavy (non-hydrogen) atoms. The van der Waals surface area contributed by atoms with Crippen molar-refractivity contribution in [2.24, 2.45) is 0 Å². The summed E-state index contributed by atoms with van der Waals surface area (Å²) in [7, 11) is 0. The van der Waals surface area contributed by atoms with Gasteiger partial charge in [0.2, 0.25) is 5.82 Å². The molecule has 0 saturated carbocycles. The number of anilines is 1. The highest BCUT2D eigenvalue weighted by Crippen LogP contribution is 2.10. The Morgan fingerprint density at radius 3 is 2.40 bits per heavy atom. The summed E-state index contributed by atoms with van der Waals surface area (Å²) in [6.07, 6.45) is 0. The molecule has 2 N–H and O–H groups in total. The van der Waals surface area contributed by atoms with Gasteiger partial charge in [-0.15, -0.1) is 0 Å². The number of hydrogen-bond donors (Lipinski definition) is 2. The normalized spacial score (nSPS) is 11.0. The van der Waals surface area contributed by atoms with Crippen molar-refractivity contribution in [3.8, 4) is 0 Å². The number of nitrogens with zero attached hydrogens (tertiary/aromatic N) is 4. The number of carbonyl (C=O) groups is 1. The number of hydrogen-bond acceptors (Lipinski definition) is 3. The van der Waals surface area contributed by atoms with Crippen LogP contribution in [0.3, 0.4) is 0 Å². The van der Waals surface area contributed by atoms with E-state index in [9.17, 15) is 9.18 Å². The summed E-state index contributed by atoms with van der Waals surface area (Å²) in [6.45, 7) is 1.85. The third-order valence-electron chi connectivity index (χ3n) is 3.67. The number of rotatable bonds is 3. The van der Waals surface area contributed by atoms with E-state index in [1.807, 2.05) is 31.2 Å². The summed E-state index contributed by atoms with van der Waals surface area (Å²) in [5.74, 6) is -0.284. The van der Waals surface area contributed by atoms with E-state index in [1.165, 1.54) is 34.0 Å². The Bertz CT molecular complexity index is 1030. The Morgan fingerprint density at radius 1 is 1.12 bits per heavy atom. The van der Waals surface area contributed by atoms with Crippen molar-refractivity contribution in [2.75, 3.05) is 5.32 Å². The van der Waals surface area contributed by atoms with Crippen LogP contribution in [0, 0.1) is 12.7 Å². The fourth-order valence-corrected chi connectivity index (χ4v) is 2.48. The van der Waals surface area contributed by atoms with Gasteiger partial charge in [-0.25, -0.2) is 9.49 Å². The zero-order valence-corrected chi connectivity index (χ0v) is 13.3. The van der Waals surface area contributed by atoms with Crippen LogP contribution >= 0.6 is 0 Å². The van der Waals surface area contributed by atoms with E-state index < -0.39 is 5.82 Å². The first kappa shape index (κ1) is 15.0. The molecule has 4 rings (SSSR count). The van der Waals surface area contributed by atoms with Crippen LogP contribution in [-0.4, -0.2) is 26.1 Å². The summed E-state index contributed by atoms with van der Waals surface area (Å²) in [4.78, 5) is 15.3. The molecule has 0 unspecified atom stereocenters. The van der Waals surface area contributed by atoms with Crippen LogP contribution in [0.4, 0.5) is 10.2 Å². The maximum atomic E-state index is 13.0. The number of benzene rings is 2. The molecule has 2 heterocycles. The van der Waals surface area contributed by atoms with Gasteiger partial charge < -0.3 is 0 Å². The Kier molecular flexibility index (Phi) is 3.50. The highest BCUT2D eigenvalue weighted by Gasteiger charge is 2.19. The zero-order chi connectivity index (χ0) is 17.4. The number of amides is 1. The van der Waals surface area contributed by atoms with E-state index in [1.54, 1.807) is 6.07 Å². The Labute approximate surface area is 141 Å². The lowest BCUT2D eigenvalue weighted by atomic mass is 10.2. The molecule has 4 aromatic rings. The second kappa shape index (κ2) is 5.82. The smallest absolute Gasteiger partial charge is 0.255 e. The van der Waals surface area contributed by atoms with Crippen LogP contribution in [0.5, 0.6) is 0 Å². The number of halogens is 1. The number of aromatic nitrogens is 5. The van der Waals surface area contributed by atoms with Crippen molar-refractivity contribution in [1.82, 2.24) is 20.2 Å². The Balaban J connectivity index is 1.69. The summed E-state index contributed by atoms with van der Waals surface area (Å²) in [5.41, 5.74) is 2.64. The zero-order valence-electron chi connectivity index (χ0n) is 13.3. The molecule has 0 aliphatic rings. The molecule has 0 radical (unpaired) electrons. The van der Waals surface area contributed by atoms with Gasteiger partial charge in [-0.1, -0.05) is 16.9 Å². The molecule has 0 aliphatic carbocycles. The highest BCUT2D eigenvalue weighted by atomic mass is 19.1. The van der Waals surface area contributed by atoms with E-state index in [0.717, 1.165) is 16.7 Å². The first-order chi connectivity index (χ1) is 12.1. The number of aryl methyl sites for hydroxylation is 1. The molecule has 2 aromatic heterocycles. The van der Waals surface area contributed by atoms with Crippen molar-refractivity contribution in [1.29, 1.82) is 0 Å². The van der Waals surface area contributed by atoms with Gasteiger partial charge in [0.05, 0.1) is 10.5 Å². The van der Waals surface area contributed by atoms with Crippen LogP contribution in [0.25, 0.3) is 11.0 Å². The fraction of sp³-hybridized carbons (Fsp3) is 0.0588. The van der Waals surface area contributed by atoms with Crippen LogP contribution in [-0.2, 0) is 0 Å². The molecule has 7 nitrogen and oxygen atoms in total. The predicted octanol–water partition coefficient (Wildman–Crippen LogP) is 2.06. The first-order valence-electron chi connectivity index (χ1n) is 7.61. The molecule has 0 bridgehead atoms. The number of H-pyrrole nitrogens is 1. The standard InChI is InChI=1S/C17H13FN6O/c1-11-10-16(19-17(25)12-6-8-13(18)9-7-12)23(20-11)24-21-14-4-2-3-5-15(14)22-24/h2-10H,1H3,(H,19,20,25)/p+1. The van der Waals surface area contributed by atoms with E-state index in [0.29, 0.717) is 11.4 Å². The molecule has 0 spiro atoms. The quantitative estimate of drug-likeness (QED) is 0.562. The molecule has 0 fully saturated rings.